The minimum Gasteiger partial charge on any atom is -0.356 e. The number of aliphatic imine (C=N–C) groups is 1. The van der Waals surface area contributed by atoms with Gasteiger partial charge >= 0.3 is 0 Å². The molecule has 0 radical (unpaired) electrons. The number of likely N-dealkylation sites (N-methyl/N-ethyl adjacent to an activating group) is 1. The van der Waals surface area contributed by atoms with E-state index >= 15 is 0 Å². The molecule has 32 heavy (non-hydrogen) atoms. The lowest BCUT2D eigenvalue weighted by atomic mass is 9.84. The van der Waals surface area contributed by atoms with E-state index in [-0.39, 0.29) is 5.41 Å². The number of likely N-dealkylation sites (tertiary alicyclic amines) is 1. The molecule has 1 aliphatic rings. The third kappa shape index (κ3) is 6.09. The molecule has 7 heteroatoms. The number of nitrogens with one attached hydrogen (secondary N) is 2. The van der Waals surface area contributed by atoms with E-state index in [1.807, 2.05) is 18.5 Å². The average molecular weight is 440 g/mol. The van der Waals surface area contributed by atoms with Gasteiger partial charge < -0.3 is 15.2 Å². The fourth-order valence-corrected chi connectivity index (χ4v) is 4.27. The van der Waals surface area contributed by atoms with Gasteiger partial charge in [-0.1, -0.05) is 52.0 Å². The lowest BCUT2D eigenvalue weighted by Gasteiger charge is -2.28. The number of benzene rings is 1. The first-order valence-electron chi connectivity index (χ1n) is 12.0. The normalized spacial score (nSPS) is 17.7. The van der Waals surface area contributed by atoms with Crippen LogP contribution in [0.5, 0.6) is 0 Å². The molecule has 2 N–H and O–H groups in total. The maximum atomic E-state index is 4.86. The Labute approximate surface area is 193 Å². The molecule has 0 saturated carbocycles. The second kappa shape index (κ2) is 10.9. The van der Waals surface area contributed by atoms with Crippen LogP contribution >= 0.6 is 0 Å². The van der Waals surface area contributed by atoms with E-state index in [1.54, 1.807) is 0 Å². The van der Waals surface area contributed by atoms with Crippen LogP contribution < -0.4 is 10.6 Å². The zero-order valence-electron chi connectivity index (χ0n) is 20.8. The molecular weight excluding hydrogens is 398 g/mol. The molecule has 1 unspecified atom stereocenters. The number of guanidine groups is 1. The Hall–Kier alpha value is -2.41. The summed E-state index contributed by atoms with van der Waals surface area (Å²) in [6.45, 7) is 15.5. The summed E-state index contributed by atoms with van der Waals surface area (Å²) in [5, 5.41) is 15.6. The monoisotopic (exact) mass is 439 g/mol. The summed E-state index contributed by atoms with van der Waals surface area (Å²) >= 11 is 0. The Morgan fingerprint density at radius 2 is 1.91 bits per heavy atom. The van der Waals surface area contributed by atoms with E-state index in [9.17, 15) is 0 Å². The Morgan fingerprint density at radius 3 is 2.53 bits per heavy atom. The Morgan fingerprint density at radius 1 is 1.16 bits per heavy atom. The molecule has 1 aromatic carbocycles. The topological polar surface area (TPSA) is 70.4 Å². The Balaban J connectivity index is 1.68. The van der Waals surface area contributed by atoms with E-state index in [0.717, 1.165) is 43.7 Å². The van der Waals surface area contributed by atoms with Crippen LogP contribution in [0.3, 0.4) is 0 Å². The third-order valence-electron chi connectivity index (χ3n) is 6.81. The second-order valence-corrected chi connectivity index (χ2v) is 9.48. The van der Waals surface area contributed by atoms with Gasteiger partial charge in [0.25, 0.3) is 0 Å². The highest BCUT2D eigenvalue weighted by Crippen LogP contribution is 2.23. The summed E-state index contributed by atoms with van der Waals surface area (Å²) in [5.41, 5.74) is 2.69. The molecule has 0 bridgehead atoms. The molecule has 0 amide bonds. The molecule has 0 spiro atoms. The van der Waals surface area contributed by atoms with Crippen LogP contribution in [0.25, 0.3) is 0 Å². The highest BCUT2D eigenvalue weighted by molar-refractivity contribution is 5.80. The molecule has 3 rings (SSSR count). The van der Waals surface area contributed by atoms with Gasteiger partial charge in [-0.3, -0.25) is 4.90 Å². The van der Waals surface area contributed by atoms with Gasteiger partial charge in [-0.05, 0) is 50.4 Å². The molecule has 1 aromatic heterocycles. The number of hydrogen-bond acceptors (Lipinski definition) is 4. The van der Waals surface area contributed by atoms with Gasteiger partial charge in [0.15, 0.2) is 11.8 Å². The predicted octanol–water partition coefficient (Wildman–Crippen LogP) is 3.18. The van der Waals surface area contributed by atoms with Crippen molar-refractivity contribution in [1.29, 1.82) is 0 Å². The standard InChI is InChI=1S/C25H41N7/c1-7-20-11-13-21(14-12-20)25(4,5)18-28-24(26-16-22-10-9-15-32(22)8-2)27-17-23-30-29-19(3)31(23)6/h11-14,22H,7-10,15-18H2,1-6H3,(H2,26,27,28). The number of hydrogen-bond donors (Lipinski definition) is 2. The molecule has 1 fully saturated rings. The van der Waals surface area contributed by atoms with Crippen molar-refractivity contribution in [2.45, 2.75) is 71.9 Å². The predicted molar refractivity (Wildman–Crippen MR) is 132 cm³/mol. The lowest BCUT2D eigenvalue weighted by Crippen LogP contribution is -2.47. The maximum absolute atomic E-state index is 4.86. The Kier molecular flexibility index (Phi) is 8.29. The fraction of sp³-hybridized carbons (Fsp3) is 0.640. The van der Waals surface area contributed by atoms with Crippen molar-refractivity contribution in [2.75, 3.05) is 26.2 Å². The van der Waals surface area contributed by atoms with E-state index in [2.05, 4.69) is 77.7 Å². The van der Waals surface area contributed by atoms with Gasteiger partial charge in [-0.15, -0.1) is 10.2 Å². The van der Waals surface area contributed by atoms with Crippen molar-refractivity contribution in [1.82, 2.24) is 30.3 Å². The molecule has 1 saturated heterocycles. The first kappa shape index (κ1) is 24.2. The molecule has 176 valence electrons. The van der Waals surface area contributed by atoms with Crippen molar-refractivity contribution in [3.63, 3.8) is 0 Å². The molecular formula is C25H41N7. The molecule has 1 atom stereocenters. The SMILES string of the molecule is CCc1ccc(C(C)(C)CNC(=NCc2nnc(C)n2C)NCC2CCCN2CC)cc1. The fourth-order valence-electron chi connectivity index (χ4n) is 4.27. The summed E-state index contributed by atoms with van der Waals surface area (Å²) in [4.78, 5) is 7.41. The van der Waals surface area contributed by atoms with E-state index in [4.69, 9.17) is 4.99 Å². The second-order valence-electron chi connectivity index (χ2n) is 9.48. The van der Waals surface area contributed by atoms with E-state index in [0.29, 0.717) is 12.6 Å². The van der Waals surface area contributed by atoms with Crippen molar-refractivity contribution in [3.05, 3.63) is 47.0 Å². The number of nitrogens with zero attached hydrogens (tertiary/aromatic N) is 5. The van der Waals surface area contributed by atoms with Gasteiger partial charge in [0.2, 0.25) is 0 Å². The van der Waals surface area contributed by atoms with Crippen LogP contribution in [-0.4, -0.2) is 57.8 Å². The summed E-state index contributed by atoms with van der Waals surface area (Å²) < 4.78 is 2.00. The van der Waals surface area contributed by atoms with Crippen LogP contribution in [0.2, 0.25) is 0 Å². The first-order valence-corrected chi connectivity index (χ1v) is 12.0. The van der Waals surface area contributed by atoms with Gasteiger partial charge in [0, 0.05) is 31.6 Å². The highest BCUT2D eigenvalue weighted by Gasteiger charge is 2.24. The highest BCUT2D eigenvalue weighted by atomic mass is 15.3. The third-order valence-corrected chi connectivity index (χ3v) is 6.81. The summed E-state index contributed by atoms with van der Waals surface area (Å²) in [6.07, 6.45) is 3.59. The van der Waals surface area contributed by atoms with Crippen LogP contribution in [0, 0.1) is 6.92 Å². The van der Waals surface area contributed by atoms with Crippen LogP contribution in [0.4, 0.5) is 0 Å². The first-order chi connectivity index (χ1) is 15.3. The van der Waals surface area contributed by atoms with Gasteiger partial charge in [0.05, 0.1) is 0 Å². The van der Waals surface area contributed by atoms with Crippen molar-refractivity contribution < 1.29 is 0 Å². The minimum absolute atomic E-state index is 0.0150. The van der Waals surface area contributed by atoms with Crippen LogP contribution in [-0.2, 0) is 25.4 Å². The van der Waals surface area contributed by atoms with Crippen molar-refractivity contribution in [3.8, 4) is 0 Å². The zero-order valence-corrected chi connectivity index (χ0v) is 20.8. The maximum Gasteiger partial charge on any atom is 0.191 e. The smallest absolute Gasteiger partial charge is 0.191 e. The lowest BCUT2D eigenvalue weighted by molar-refractivity contribution is 0.267. The van der Waals surface area contributed by atoms with Crippen LogP contribution in [0.1, 0.15) is 63.3 Å². The molecule has 1 aliphatic heterocycles. The van der Waals surface area contributed by atoms with E-state index < -0.39 is 0 Å². The molecule has 2 heterocycles. The summed E-state index contributed by atoms with van der Waals surface area (Å²) in [7, 11) is 1.99. The van der Waals surface area contributed by atoms with Crippen LogP contribution in [0.15, 0.2) is 29.3 Å². The minimum atomic E-state index is -0.0150. The largest absolute Gasteiger partial charge is 0.356 e. The van der Waals surface area contributed by atoms with E-state index in [1.165, 1.54) is 30.5 Å². The summed E-state index contributed by atoms with van der Waals surface area (Å²) in [6, 6.07) is 9.55. The van der Waals surface area contributed by atoms with Crippen molar-refractivity contribution in [2.24, 2.45) is 12.0 Å². The number of aromatic nitrogens is 3. The van der Waals surface area contributed by atoms with Gasteiger partial charge in [0.1, 0.15) is 12.4 Å². The van der Waals surface area contributed by atoms with Crippen molar-refractivity contribution >= 4 is 5.96 Å². The van der Waals surface area contributed by atoms with Gasteiger partial charge in [-0.2, -0.15) is 0 Å². The quantitative estimate of drug-likeness (QED) is 0.464. The average Bonchev–Trinajstić information content (AvgIpc) is 3.39. The molecule has 2 aromatic rings. The number of aryl methyl sites for hydroxylation is 2. The molecule has 7 nitrogen and oxygen atoms in total. The Bertz CT molecular complexity index is 882. The van der Waals surface area contributed by atoms with Gasteiger partial charge in [-0.25, -0.2) is 4.99 Å². The zero-order chi connectivity index (χ0) is 23.1. The molecule has 0 aliphatic carbocycles. The summed E-state index contributed by atoms with van der Waals surface area (Å²) in [5.74, 6) is 2.61. The number of rotatable bonds is 9.